The first kappa shape index (κ1) is 14.0. The highest BCUT2D eigenvalue weighted by atomic mass is 16.2. The highest BCUT2D eigenvalue weighted by molar-refractivity contribution is 5.76. The first-order chi connectivity index (χ1) is 9.25. The molecule has 1 atom stereocenters. The summed E-state index contributed by atoms with van der Waals surface area (Å²) in [6.07, 6.45) is 8.64. The van der Waals surface area contributed by atoms with Gasteiger partial charge in [0.2, 0.25) is 5.91 Å². The van der Waals surface area contributed by atoms with Crippen molar-refractivity contribution >= 4 is 5.91 Å². The number of piperidine rings is 1. The van der Waals surface area contributed by atoms with Crippen molar-refractivity contribution in [2.45, 2.75) is 38.1 Å². The van der Waals surface area contributed by atoms with E-state index < -0.39 is 0 Å². The second-order valence-corrected chi connectivity index (χ2v) is 5.28. The van der Waals surface area contributed by atoms with E-state index in [0.29, 0.717) is 12.5 Å². The highest BCUT2D eigenvalue weighted by Crippen LogP contribution is 2.09. The van der Waals surface area contributed by atoms with Crippen LogP contribution in [0.4, 0.5) is 0 Å². The Morgan fingerprint density at radius 3 is 3.11 bits per heavy atom. The predicted molar refractivity (Wildman–Crippen MR) is 75.8 cm³/mol. The Morgan fingerprint density at radius 1 is 1.53 bits per heavy atom. The van der Waals surface area contributed by atoms with Crippen molar-refractivity contribution in [3.05, 3.63) is 30.1 Å². The minimum absolute atomic E-state index is 0.219. The minimum atomic E-state index is 0.219. The second kappa shape index (κ2) is 7.24. The SMILES string of the molecule is CN(CC1CCCCN1)C(=O)CCc1cccnc1. The maximum absolute atomic E-state index is 12.1. The Balaban J connectivity index is 1.72. The molecular formula is C15H23N3O. The van der Waals surface area contributed by atoms with Crippen LogP contribution in [-0.4, -0.2) is 42.0 Å². The molecule has 0 spiro atoms. The van der Waals surface area contributed by atoms with Gasteiger partial charge in [-0.05, 0) is 37.4 Å². The van der Waals surface area contributed by atoms with Gasteiger partial charge in [-0.25, -0.2) is 0 Å². The Hall–Kier alpha value is -1.42. The van der Waals surface area contributed by atoms with Gasteiger partial charge in [-0.3, -0.25) is 9.78 Å². The predicted octanol–water partition coefficient (Wildman–Crippen LogP) is 1.61. The standard InChI is InChI=1S/C15H23N3O/c1-18(12-14-6-2-3-10-17-14)15(19)8-7-13-5-4-9-16-11-13/h4-5,9,11,14,17H,2-3,6-8,10,12H2,1H3. The Morgan fingerprint density at radius 2 is 2.42 bits per heavy atom. The van der Waals surface area contributed by atoms with Crippen molar-refractivity contribution in [3.8, 4) is 0 Å². The molecule has 1 saturated heterocycles. The van der Waals surface area contributed by atoms with E-state index in [-0.39, 0.29) is 5.91 Å². The summed E-state index contributed by atoms with van der Waals surface area (Å²) in [6.45, 7) is 1.91. The smallest absolute Gasteiger partial charge is 0.222 e. The summed E-state index contributed by atoms with van der Waals surface area (Å²) in [5, 5.41) is 3.47. The third kappa shape index (κ3) is 4.63. The molecule has 0 bridgehead atoms. The fraction of sp³-hybridized carbons (Fsp3) is 0.600. The number of aromatic nitrogens is 1. The van der Waals surface area contributed by atoms with E-state index in [2.05, 4.69) is 10.3 Å². The van der Waals surface area contributed by atoms with E-state index >= 15 is 0 Å². The van der Waals surface area contributed by atoms with Gasteiger partial charge in [-0.2, -0.15) is 0 Å². The quantitative estimate of drug-likeness (QED) is 0.876. The number of amides is 1. The van der Waals surface area contributed by atoms with E-state index in [1.165, 1.54) is 19.3 Å². The number of nitrogens with zero attached hydrogens (tertiary/aromatic N) is 2. The summed E-state index contributed by atoms with van der Waals surface area (Å²) in [5.74, 6) is 0.219. The van der Waals surface area contributed by atoms with Crippen LogP contribution in [0.2, 0.25) is 0 Å². The van der Waals surface area contributed by atoms with Gasteiger partial charge in [-0.15, -0.1) is 0 Å². The van der Waals surface area contributed by atoms with Crippen LogP contribution in [0.5, 0.6) is 0 Å². The molecule has 4 heteroatoms. The van der Waals surface area contributed by atoms with Crippen LogP contribution in [0.25, 0.3) is 0 Å². The molecule has 104 valence electrons. The van der Waals surface area contributed by atoms with Gasteiger partial charge in [0.25, 0.3) is 0 Å². The second-order valence-electron chi connectivity index (χ2n) is 5.28. The lowest BCUT2D eigenvalue weighted by Crippen LogP contribution is -2.44. The Labute approximate surface area is 115 Å². The van der Waals surface area contributed by atoms with Gasteiger partial charge in [-0.1, -0.05) is 12.5 Å². The van der Waals surface area contributed by atoms with Crippen molar-refractivity contribution in [1.29, 1.82) is 0 Å². The summed E-state index contributed by atoms with van der Waals surface area (Å²) >= 11 is 0. The maximum atomic E-state index is 12.1. The van der Waals surface area contributed by atoms with Crippen molar-refractivity contribution < 1.29 is 4.79 Å². The monoisotopic (exact) mass is 261 g/mol. The van der Waals surface area contributed by atoms with Crippen LogP contribution in [0, 0.1) is 0 Å². The molecular weight excluding hydrogens is 238 g/mol. The molecule has 1 aromatic heterocycles. The topological polar surface area (TPSA) is 45.2 Å². The van der Waals surface area contributed by atoms with E-state index in [4.69, 9.17) is 0 Å². The number of rotatable bonds is 5. The number of hydrogen-bond donors (Lipinski definition) is 1. The third-order valence-electron chi connectivity index (χ3n) is 3.68. The summed E-state index contributed by atoms with van der Waals surface area (Å²) in [7, 11) is 1.90. The number of carbonyl (C=O) groups excluding carboxylic acids is 1. The zero-order valence-electron chi connectivity index (χ0n) is 11.6. The summed E-state index contributed by atoms with van der Waals surface area (Å²) in [4.78, 5) is 18.0. The Bertz CT molecular complexity index is 388. The lowest BCUT2D eigenvalue weighted by atomic mass is 10.0. The van der Waals surface area contributed by atoms with Crippen LogP contribution < -0.4 is 5.32 Å². The Kier molecular flexibility index (Phi) is 5.33. The first-order valence-corrected chi connectivity index (χ1v) is 7.12. The average molecular weight is 261 g/mol. The van der Waals surface area contributed by atoms with Crippen molar-refractivity contribution in [2.75, 3.05) is 20.1 Å². The zero-order valence-corrected chi connectivity index (χ0v) is 11.6. The molecule has 1 aromatic rings. The molecule has 1 aliphatic rings. The van der Waals surface area contributed by atoms with Crippen LogP contribution in [0.3, 0.4) is 0 Å². The fourth-order valence-electron chi connectivity index (χ4n) is 2.50. The molecule has 2 heterocycles. The maximum Gasteiger partial charge on any atom is 0.222 e. The zero-order chi connectivity index (χ0) is 13.5. The van der Waals surface area contributed by atoms with Gasteiger partial charge in [0.1, 0.15) is 0 Å². The van der Waals surface area contributed by atoms with Gasteiger partial charge in [0, 0.05) is 38.4 Å². The number of likely N-dealkylation sites (N-methyl/N-ethyl adjacent to an activating group) is 1. The first-order valence-electron chi connectivity index (χ1n) is 7.12. The summed E-state index contributed by atoms with van der Waals surface area (Å²) < 4.78 is 0. The van der Waals surface area contributed by atoms with E-state index in [0.717, 1.165) is 25.1 Å². The largest absolute Gasteiger partial charge is 0.344 e. The minimum Gasteiger partial charge on any atom is -0.344 e. The molecule has 0 saturated carbocycles. The number of nitrogens with one attached hydrogen (secondary N) is 1. The lowest BCUT2D eigenvalue weighted by molar-refractivity contribution is -0.130. The number of aryl methyl sites for hydroxylation is 1. The molecule has 0 aliphatic carbocycles. The van der Waals surface area contributed by atoms with Gasteiger partial charge < -0.3 is 10.2 Å². The molecule has 0 aromatic carbocycles. The molecule has 1 unspecified atom stereocenters. The van der Waals surface area contributed by atoms with Gasteiger partial charge >= 0.3 is 0 Å². The molecule has 19 heavy (non-hydrogen) atoms. The van der Waals surface area contributed by atoms with Crippen LogP contribution in [0.1, 0.15) is 31.2 Å². The molecule has 1 N–H and O–H groups in total. The van der Waals surface area contributed by atoms with Gasteiger partial charge in [0.05, 0.1) is 0 Å². The lowest BCUT2D eigenvalue weighted by Gasteiger charge is -2.28. The number of pyridine rings is 1. The highest BCUT2D eigenvalue weighted by Gasteiger charge is 2.17. The summed E-state index contributed by atoms with van der Waals surface area (Å²) in [6, 6.07) is 4.40. The molecule has 1 amide bonds. The van der Waals surface area contributed by atoms with Crippen LogP contribution in [0.15, 0.2) is 24.5 Å². The number of hydrogen-bond acceptors (Lipinski definition) is 3. The van der Waals surface area contributed by atoms with Crippen molar-refractivity contribution in [1.82, 2.24) is 15.2 Å². The normalized spacial score (nSPS) is 19.1. The van der Waals surface area contributed by atoms with E-state index in [9.17, 15) is 4.79 Å². The summed E-state index contributed by atoms with van der Waals surface area (Å²) in [5.41, 5.74) is 1.13. The molecule has 1 aliphatic heterocycles. The van der Waals surface area contributed by atoms with Crippen LogP contribution >= 0.6 is 0 Å². The molecule has 0 radical (unpaired) electrons. The molecule has 4 nitrogen and oxygen atoms in total. The van der Waals surface area contributed by atoms with Crippen molar-refractivity contribution in [3.63, 3.8) is 0 Å². The van der Waals surface area contributed by atoms with Crippen molar-refractivity contribution in [2.24, 2.45) is 0 Å². The average Bonchev–Trinajstić information content (AvgIpc) is 2.47. The molecule has 2 rings (SSSR count). The number of carbonyl (C=O) groups is 1. The van der Waals surface area contributed by atoms with Crippen LogP contribution in [-0.2, 0) is 11.2 Å². The fourth-order valence-corrected chi connectivity index (χ4v) is 2.50. The van der Waals surface area contributed by atoms with E-state index in [1.807, 2.05) is 30.3 Å². The van der Waals surface area contributed by atoms with Gasteiger partial charge in [0.15, 0.2) is 0 Å². The van der Waals surface area contributed by atoms with E-state index in [1.54, 1.807) is 6.20 Å². The molecule has 1 fully saturated rings. The third-order valence-corrected chi connectivity index (χ3v) is 3.68.